The van der Waals surface area contributed by atoms with Crippen molar-refractivity contribution in [2.75, 3.05) is 42.9 Å². The van der Waals surface area contributed by atoms with Gasteiger partial charge in [-0.3, -0.25) is 9.59 Å². The van der Waals surface area contributed by atoms with Crippen LogP contribution in [0.25, 0.3) is 0 Å². The fourth-order valence-corrected chi connectivity index (χ4v) is 5.30. The molecule has 0 aliphatic carbocycles. The standard InChI is InChI=1S/C30H36N6O2/c1-30(2,23-12-7-4-8-13-23)29(38)32-25-21-26(28(37)35-18-15-31-16-19-35)33-34-27(25)36-17-9-14-24(36)20-22-10-5-3-6-11-22/h3-8,10-13,21,24,31H,9,14-20H2,1-2H3,(H,32,33,38). The zero-order valence-electron chi connectivity index (χ0n) is 22.2. The minimum absolute atomic E-state index is 0.155. The molecule has 2 saturated heterocycles. The molecule has 1 atom stereocenters. The topological polar surface area (TPSA) is 90.5 Å². The van der Waals surface area contributed by atoms with Gasteiger partial charge in [-0.15, -0.1) is 10.2 Å². The molecule has 1 aromatic heterocycles. The summed E-state index contributed by atoms with van der Waals surface area (Å²) in [7, 11) is 0. The third-order valence-electron chi connectivity index (χ3n) is 7.67. The number of carbonyl (C=O) groups excluding carboxylic acids is 2. The van der Waals surface area contributed by atoms with Gasteiger partial charge in [0.25, 0.3) is 5.91 Å². The zero-order chi connectivity index (χ0) is 26.5. The van der Waals surface area contributed by atoms with Gasteiger partial charge in [-0.05, 0) is 50.3 Å². The largest absolute Gasteiger partial charge is 0.350 e. The van der Waals surface area contributed by atoms with Crippen molar-refractivity contribution in [1.82, 2.24) is 20.4 Å². The number of amides is 2. The van der Waals surface area contributed by atoms with E-state index in [0.29, 0.717) is 24.6 Å². The van der Waals surface area contributed by atoms with E-state index in [1.807, 2.05) is 50.2 Å². The Bertz CT molecular complexity index is 1260. The summed E-state index contributed by atoms with van der Waals surface area (Å²) in [5, 5.41) is 15.4. The molecule has 198 valence electrons. The van der Waals surface area contributed by atoms with Crippen LogP contribution in [-0.4, -0.2) is 65.7 Å². The van der Waals surface area contributed by atoms with E-state index in [2.05, 4.69) is 50.0 Å². The molecule has 2 N–H and O–H groups in total. The van der Waals surface area contributed by atoms with E-state index in [0.717, 1.165) is 44.5 Å². The molecule has 0 spiro atoms. The molecule has 5 rings (SSSR count). The van der Waals surface area contributed by atoms with Crippen molar-refractivity contribution >= 4 is 23.3 Å². The van der Waals surface area contributed by atoms with Crippen molar-refractivity contribution in [3.05, 3.63) is 83.6 Å². The third kappa shape index (κ3) is 5.55. The molecular weight excluding hydrogens is 476 g/mol. The van der Waals surface area contributed by atoms with Gasteiger partial charge in [0.05, 0.1) is 11.1 Å². The number of piperazine rings is 1. The highest BCUT2D eigenvalue weighted by Crippen LogP contribution is 2.33. The summed E-state index contributed by atoms with van der Waals surface area (Å²) in [6.07, 6.45) is 2.94. The Kier molecular flexibility index (Phi) is 7.69. The Morgan fingerprint density at radius 2 is 1.66 bits per heavy atom. The van der Waals surface area contributed by atoms with Gasteiger partial charge < -0.3 is 20.4 Å². The van der Waals surface area contributed by atoms with Gasteiger partial charge in [0.1, 0.15) is 0 Å². The minimum Gasteiger partial charge on any atom is -0.350 e. The van der Waals surface area contributed by atoms with Crippen LogP contribution < -0.4 is 15.5 Å². The smallest absolute Gasteiger partial charge is 0.274 e. The molecule has 3 heterocycles. The molecule has 0 radical (unpaired) electrons. The Hall–Kier alpha value is -3.78. The molecule has 38 heavy (non-hydrogen) atoms. The number of aromatic nitrogens is 2. The molecule has 2 amide bonds. The average molecular weight is 513 g/mol. The molecule has 0 bridgehead atoms. The van der Waals surface area contributed by atoms with Crippen molar-refractivity contribution in [3.63, 3.8) is 0 Å². The van der Waals surface area contributed by atoms with Crippen LogP contribution in [0.2, 0.25) is 0 Å². The van der Waals surface area contributed by atoms with Crippen molar-refractivity contribution < 1.29 is 9.59 Å². The maximum absolute atomic E-state index is 13.7. The van der Waals surface area contributed by atoms with Gasteiger partial charge in [-0.25, -0.2) is 0 Å². The summed E-state index contributed by atoms with van der Waals surface area (Å²) in [5.74, 6) is 0.306. The summed E-state index contributed by atoms with van der Waals surface area (Å²) < 4.78 is 0. The lowest BCUT2D eigenvalue weighted by Crippen LogP contribution is -2.46. The van der Waals surface area contributed by atoms with Crippen molar-refractivity contribution in [1.29, 1.82) is 0 Å². The van der Waals surface area contributed by atoms with E-state index < -0.39 is 5.41 Å². The highest BCUT2D eigenvalue weighted by atomic mass is 16.2. The molecule has 2 aliphatic heterocycles. The maximum Gasteiger partial charge on any atom is 0.274 e. The molecule has 2 aromatic carbocycles. The third-order valence-corrected chi connectivity index (χ3v) is 7.67. The minimum atomic E-state index is -0.779. The average Bonchev–Trinajstić information content (AvgIpc) is 3.41. The van der Waals surface area contributed by atoms with Gasteiger partial charge in [0.15, 0.2) is 11.5 Å². The van der Waals surface area contributed by atoms with Crippen LogP contribution in [0.1, 0.15) is 48.3 Å². The van der Waals surface area contributed by atoms with Crippen LogP contribution in [0, 0.1) is 0 Å². The van der Waals surface area contributed by atoms with E-state index in [-0.39, 0.29) is 23.6 Å². The molecule has 2 fully saturated rings. The first kappa shape index (κ1) is 25.9. The van der Waals surface area contributed by atoms with E-state index in [1.165, 1.54) is 5.56 Å². The number of hydrogen-bond acceptors (Lipinski definition) is 6. The predicted octanol–water partition coefficient (Wildman–Crippen LogP) is 3.65. The number of anilines is 2. The van der Waals surface area contributed by atoms with Gasteiger partial charge in [0.2, 0.25) is 5.91 Å². The van der Waals surface area contributed by atoms with Gasteiger partial charge >= 0.3 is 0 Å². The van der Waals surface area contributed by atoms with Gasteiger partial charge in [-0.2, -0.15) is 0 Å². The number of nitrogens with zero attached hydrogens (tertiary/aromatic N) is 4. The molecule has 3 aromatic rings. The Balaban J connectivity index is 1.47. The summed E-state index contributed by atoms with van der Waals surface area (Å²) in [6, 6.07) is 22.1. The van der Waals surface area contributed by atoms with E-state index in [4.69, 9.17) is 0 Å². The number of nitrogens with one attached hydrogen (secondary N) is 2. The first-order valence-corrected chi connectivity index (χ1v) is 13.5. The number of benzene rings is 2. The van der Waals surface area contributed by atoms with Gasteiger partial charge in [0, 0.05) is 38.8 Å². The fraction of sp³-hybridized carbons (Fsp3) is 0.400. The number of rotatable bonds is 7. The Morgan fingerprint density at radius 1 is 0.974 bits per heavy atom. The van der Waals surface area contributed by atoms with E-state index >= 15 is 0 Å². The van der Waals surface area contributed by atoms with Crippen molar-refractivity contribution in [2.24, 2.45) is 0 Å². The molecule has 1 unspecified atom stereocenters. The second-order valence-corrected chi connectivity index (χ2v) is 10.6. The first-order valence-electron chi connectivity index (χ1n) is 13.5. The van der Waals surface area contributed by atoms with Gasteiger partial charge in [-0.1, -0.05) is 60.7 Å². The molecule has 2 aliphatic rings. The predicted molar refractivity (Wildman–Crippen MR) is 149 cm³/mol. The summed E-state index contributed by atoms with van der Waals surface area (Å²) >= 11 is 0. The summed E-state index contributed by atoms with van der Waals surface area (Å²) in [6.45, 7) is 7.39. The highest BCUT2D eigenvalue weighted by molar-refractivity contribution is 6.02. The molecule has 0 saturated carbocycles. The monoisotopic (exact) mass is 512 g/mol. The quantitative estimate of drug-likeness (QED) is 0.502. The second-order valence-electron chi connectivity index (χ2n) is 10.6. The Morgan fingerprint density at radius 3 is 2.37 bits per heavy atom. The van der Waals surface area contributed by atoms with Crippen LogP contribution in [0.3, 0.4) is 0 Å². The molecule has 8 heteroatoms. The number of carbonyl (C=O) groups is 2. The van der Waals surface area contributed by atoms with Crippen LogP contribution in [0.4, 0.5) is 11.5 Å². The van der Waals surface area contributed by atoms with E-state index in [9.17, 15) is 9.59 Å². The van der Waals surface area contributed by atoms with E-state index in [1.54, 1.807) is 11.0 Å². The normalized spacial score (nSPS) is 17.9. The Labute approximate surface area is 224 Å². The SMILES string of the molecule is CC(C)(C(=O)Nc1cc(C(=O)N2CCNCC2)nnc1N1CCCC1Cc1ccccc1)c1ccccc1. The van der Waals surface area contributed by atoms with Crippen LogP contribution in [0.15, 0.2) is 66.7 Å². The molecular formula is C30H36N6O2. The lowest BCUT2D eigenvalue weighted by atomic mass is 9.83. The van der Waals surface area contributed by atoms with Crippen molar-refractivity contribution in [2.45, 2.75) is 44.6 Å². The summed E-state index contributed by atoms with van der Waals surface area (Å²) in [4.78, 5) is 31.0. The van der Waals surface area contributed by atoms with Crippen LogP contribution in [-0.2, 0) is 16.6 Å². The van der Waals surface area contributed by atoms with Crippen molar-refractivity contribution in [3.8, 4) is 0 Å². The summed E-state index contributed by atoms with van der Waals surface area (Å²) in [5.41, 5.74) is 2.19. The molecule has 8 nitrogen and oxygen atoms in total. The lowest BCUT2D eigenvalue weighted by molar-refractivity contribution is -0.120. The lowest BCUT2D eigenvalue weighted by Gasteiger charge is -2.30. The highest BCUT2D eigenvalue weighted by Gasteiger charge is 2.34. The van der Waals surface area contributed by atoms with Crippen LogP contribution in [0.5, 0.6) is 0 Å². The maximum atomic E-state index is 13.7. The number of hydrogen-bond donors (Lipinski definition) is 2. The first-order chi connectivity index (χ1) is 18.4. The fourth-order valence-electron chi connectivity index (χ4n) is 5.30. The zero-order valence-corrected chi connectivity index (χ0v) is 22.2. The second kappa shape index (κ2) is 11.3. The van der Waals surface area contributed by atoms with Crippen LogP contribution >= 0.6 is 0 Å².